The molecule has 0 saturated heterocycles. The van der Waals surface area contributed by atoms with E-state index in [1.807, 2.05) is 0 Å². The lowest BCUT2D eigenvalue weighted by molar-refractivity contribution is 0.606. The zero-order valence-corrected chi connectivity index (χ0v) is 11.5. The fraction of sp³-hybridized carbons (Fsp3) is 0.231. The Balaban J connectivity index is 2.24. The molecule has 3 N–H and O–H groups in total. The molecule has 0 aliphatic rings. The standard InChI is InChI=1S/C13H13ClFN3O2/c1-18(11-10(16)12(19)13(11)20)6-8-4-7(5-17-14)2-3-9(8)15/h2-4,17H,5-6,16H2,1H3. The normalized spacial score (nSPS) is 10.9. The number of hydrogen-bond donors (Lipinski definition) is 2. The zero-order chi connectivity index (χ0) is 14.9. The van der Waals surface area contributed by atoms with E-state index in [-0.39, 0.29) is 17.9 Å². The van der Waals surface area contributed by atoms with Gasteiger partial charge in [-0.05, 0) is 29.5 Å². The third-order valence-corrected chi connectivity index (χ3v) is 3.22. The lowest BCUT2D eigenvalue weighted by Gasteiger charge is -2.22. The minimum atomic E-state index is -0.688. The van der Waals surface area contributed by atoms with Gasteiger partial charge in [-0.15, -0.1) is 0 Å². The smallest absolute Gasteiger partial charge is 0.253 e. The Morgan fingerprint density at radius 2 is 2.05 bits per heavy atom. The first-order chi connectivity index (χ1) is 9.45. The van der Waals surface area contributed by atoms with Gasteiger partial charge >= 0.3 is 0 Å². The molecule has 0 fully saturated rings. The fourth-order valence-corrected chi connectivity index (χ4v) is 2.20. The summed E-state index contributed by atoms with van der Waals surface area (Å²) in [5.41, 5.74) is 5.41. The van der Waals surface area contributed by atoms with Crippen molar-refractivity contribution in [1.82, 2.24) is 4.84 Å². The largest absolute Gasteiger partial charge is 0.394 e. The predicted octanol–water partition coefficient (Wildman–Crippen LogP) is 0.884. The van der Waals surface area contributed by atoms with Crippen molar-refractivity contribution in [2.24, 2.45) is 0 Å². The average Bonchev–Trinajstić information content (AvgIpc) is 2.42. The van der Waals surface area contributed by atoms with Crippen molar-refractivity contribution in [1.29, 1.82) is 0 Å². The van der Waals surface area contributed by atoms with Crippen LogP contribution in [0.25, 0.3) is 0 Å². The summed E-state index contributed by atoms with van der Waals surface area (Å²) in [6.07, 6.45) is 0. The van der Waals surface area contributed by atoms with E-state index in [2.05, 4.69) is 4.84 Å². The summed E-state index contributed by atoms with van der Waals surface area (Å²) in [5, 5.41) is 0. The van der Waals surface area contributed by atoms with Crippen molar-refractivity contribution >= 4 is 23.2 Å². The maximum atomic E-state index is 13.7. The van der Waals surface area contributed by atoms with Gasteiger partial charge in [0.15, 0.2) is 0 Å². The maximum Gasteiger partial charge on any atom is 0.253 e. The summed E-state index contributed by atoms with van der Waals surface area (Å²) in [4.78, 5) is 26.4. The first-order valence-electron chi connectivity index (χ1n) is 5.86. The summed E-state index contributed by atoms with van der Waals surface area (Å²) in [6.45, 7) is 0.526. The van der Waals surface area contributed by atoms with Crippen LogP contribution in [0, 0.1) is 5.82 Å². The van der Waals surface area contributed by atoms with Crippen molar-refractivity contribution < 1.29 is 4.39 Å². The molecular formula is C13H13ClFN3O2. The van der Waals surface area contributed by atoms with Crippen LogP contribution < -0.4 is 26.3 Å². The molecule has 0 atom stereocenters. The predicted molar refractivity (Wildman–Crippen MR) is 77.0 cm³/mol. The van der Waals surface area contributed by atoms with Gasteiger partial charge < -0.3 is 10.6 Å². The molecule has 2 aromatic carbocycles. The topological polar surface area (TPSA) is 75.4 Å². The number of nitrogens with zero attached hydrogens (tertiary/aromatic N) is 1. The number of hydrogen-bond acceptors (Lipinski definition) is 5. The van der Waals surface area contributed by atoms with E-state index in [0.29, 0.717) is 12.1 Å². The minimum Gasteiger partial charge on any atom is -0.394 e. The second-order valence-corrected chi connectivity index (χ2v) is 4.78. The summed E-state index contributed by atoms with van der Waals surface area (Å²) in [6, 6.07) is 4.58. The number of anilines is 2. The molecule has 2 aromatic rings. The second-order valence-electron chi connectivity index (χ2n) is 4.51. The van der Waals surface area contributed by atoms with Crippen LogP contribution in [-0.2, 0) is 13.1 Å². The van der Waals surface area contributed by atoms with Gasteiger partial charge in [0.05, 0.1) is 0 Å². The van der Waals surface area contributed by atoms with Gasteiger partial charge in [-0.3, -0.25) is 9.59 Å². The second kappa shape index (κ2) is 5.60. The van der Waals surface area contributed by atoms with Gasteiger partial charge in [0.1, 0.15) is 17.2 Å². The maximum absolute atomic E-state index is 13.7. The van der Waals surface area contributed by atoms with Gasteiger partial charge in [0.25, 0.3) is 10.9 Å². The Hall–Kier alpha value is -1.92. The molecule has 0 aliphatic heterocycles. The molecule has 7 heteroatoms. The Morgan fingerprint density at radius 1 is 1.35 bits per heavy atom. The minimum absolute atomic E-state index is 0.0727. The van der Waals surface area contributed by atoms with Crippen molar-refractivity contribution in [3.8, 4) is 0 Å². The highest BCUT2D eigenvalue weighted by Crippen LogP contribution is 2.19. The van der Waals surface area contributed by atoms with Gasteiger partial charge in [-0.25, -0.2) is 9.23 Å². The summed E-state index contributed by atoms with van der Waals surface area (Å²) in [5.74, 6) is -0.396. The number of nitrogen functional groups attached to an aromatic ring is 1. The summed E-state index contributed by atoms with van der Waals surface area (Å²) in [7, 11) is 1.58. The third-order valence-electron chi connectivity index (χ3n) is 3.09. The highest BCUT2D eigenvalue weighted by Gasteiger charge is 2.22. The van der Waals surface area contributed by atoms with E-state index >= 15 is 0 Å². The van der Waals surface area contributed by atoms with Gasteiger partial charge in [0.2, 0.25) is 0 Å². The molecule has 0 radical (unpaired) electrons. The van der Waals surface area contributed by atoms with Crippen molar-refractivity contribution in [2.45, 2.75) is 13.1 Å². The highest BCUT2D eigenvalue weighted by atomic mass is 35.5. The fourth-order valence-electron chi connectivity index (χ4n) is 2.05. The molecule has 0 aliphatic carbocycles. The van der Waals surface area contributed by atoms with Crippen LogP contribution in [0.15, 0.2) is 27.8 Å². The molecular weight excluding hydrogens is 285 g/mol. The molecule has 0 unspecified atom stereocenters. The van der Waals surface area contributed by atoms with Crippen molar-refractivity contribution in [3.63, 3.8) is 0 Å². The number of halogens is 2. The Bertz CT molecular complexity index is 710. The summed E-state index contributed by atoms with van der Waals surface area (Å²) >= 11 is 5.41. The molecule has 20 heavy (non-hydrogen) atoms. The van der Waals surface area contributed by atoms with Crippen LogP contribution in [0.5, 0.6) is 0 Å². The number of nitrogens with one attached hydrogen (secondary N) is 1. The molecule has 0 amide bonds. The lowest BCUT2D eigenvalue weighted by Crippen LogP contribution is -2.40. The van der Waals surface area contributed by atoms with Crippen molar-refractivity contribution in [3.05, 3.63) is 55.6 Å². The van der Waals surface area contributed by atoms with Crippen LogP contribution >= 0.6 is 11.8 Å². The molecule has 0 bridgehead atoms. The molecule has 0 saturated carbocycles. The van der Waals surface area contributed by atoms with Crippen LogP contribution in [-0.4, -0.2) is 7.05 Å². The molecule has 5 nitrogen and oxygen atoms in total. The van der Waals surface area contributed by atoms with Crippen LogP contribution in [0.2, 0.25) is 0 Å². The van der Waals surface area contributed by atoms with E-state index in [0.717, 1.165) is 5.56 Å². The van der Waals surface area contributed by atoms with E-state index in [1.165, 1.54) is 11.0 Å². The molecule has 0 spiro atoms. The number of rotatable bonds is 5. The number of benzene rings is 1. The molecule has 2 rings (SSSR count). The van der Waals surface area contributed by atoms with Gasteiger partial charge in [-0.1, -0.05) is 6.07 Å². The molecule has 0 aromatic heterocycles. The quantitative estimate of drug-likeness (QED) is 0.633. The van der Waals surface area contributed by atoms with E-state index in [4.69, 9.17) is 17.5 Å². The molecule has 0 heterocycles. The van der Waals surface area contributed by atoms with Crippen LogP contribution in [0.4, 0.5) is 15.8 Å². The van der Waals surface area contributed by atoms with Gasteiger partial charge in [0, 0.05) is 25.7 Å². The summed E-state index contributed by atoms with van der Waals surface area (Å²) < 4.78 is 13.7. The highest BCUT2D eigenvalue weighted by molar-refractivity contribution is 6.13. The molecule has 106 valence electrons. The number of nitrogens with two attached hydrogens (primary N) is 1. The van der Waals surface area contributed by atoms with E-state index in [1.54, 1.807) is 19.2 Å². The SMILES string of the molecule is CN(Cc1cc(CNCl)ccc1F)c1c(N)c(=O)c1=O. The van der Waals surface area contributed by atoms with Crippen molar-refractivity contribution in [2.75, 3.05) is 17.7 Å². The average molecular weight is 298 g/mol. The first-order valence-corrected chi connectivity index (χ1v) is 6.24. The Labute approximate surface area is 119 Å². The van der Waals surface area contributed by atoms with Crippen LogP contribution in [0.1, 0.15) is 11.1 Å². The monoisotopic (exact) mass is 297 g/mol. The third kappa shape index (κ3) is 2.52. The van der Waals surface area contributed by atoms with Crippen LogP contribution in [0.3, 0.4) is 0 Å². The van der Waals surface area contributed by atoms with E-state index < -0.39 is 16.7 Å². The Kier molecular flexibility index (Phi) is 4.06. The Morgan fingerprint density at radius 3 is 2.65 bits per heavy atom. The zero-order valence-electron chi connectivity index (χ0n) is 10.7. The first kappa shape index (κ1) is 14.5. The lowest BCUT2D eigenvalue weighted by atomic mass is 10.1. The van der Waals surface area contributed by atoms with Gasteiger partial charge in [-0.2, -0.15) is 0 Å². The van der Waals surface area contributed by atoms with E-state index in [9.17, 15) is 14.0 Å².